The molecule has 2 aliphatic carbocycles. The lowest BCUT2D eigenvalue weighted by atomic mass is 9.94. The largest absolute Gasteiger partial charge is 0.421 e. The molecule has 0 radical (unpaired) electrons. The smallest absolute Gasteiger partial charge is 0.296 e. The molecule has 0 aromatic carbocycles. The van der Waals surface area contributed by atoms with Crippen LogP contribution in [0.3, 0.4) is 0 Å². The zero-order valence-electron chi connectivity index (χ0n) is 11.2. The minimum absolute atomic E-state index is 0.152. The molecule has 0 atom stereocenters. The van der Waals surface area contributed by atoms with Gasteiger partial charge in [-0.3, -0.25) is 9.89 Å². The summed E-state index contributed by atoms with van der Waals surface area (Å²) >= 11 is 0. The highest BCUT2D eigenvalue weighted by Crippen LogP contribution is 2.53. The average Bonchev–Trinajstić information content (AvgIpc) is 3.29. The quantitative estimate of drug-likeness (QED) is 0.947. The van der Waals surface area contributed by atoms with Crippen LogP contribution in [0.4, 0.5) is 13.2 Å². The molecule has 0 aliphatic heterocycles. The van der Waals surface area contributed by atoms with Crippen LogP contribution in [0.25, 0.3) is 5.65 Å². The maximum absolute atomic E-state index is 13.0. The summed E-state index contributed by atoms with van der Waals surface area (Å²) in [6.07, 6.45) is 0.626. The van der Waals surface area contributed by atoms with Crippen molar-refractivity contribution in [2.24, 2.45) is 11.8 Å². The van der Waals surface area contributed by atoms with E-state index in [1.54, 1.807) is 0 Å². The minimum atomic E-state index is -4.52. The molecule has 0 saturated heterocycles. The number of H-pyrrole nitrogens is 1. The predicted molar refractivity (Wildman–Crippen MR) is 69.0 cm³/mol. The van der Waals surface area contributed by atoms with E-state index in [1.165, 1.54) is 6.07 Å². The van der Waals surface area contributed by atoms with Crippen molar-refractivity contribution in [3.05, 3.63) is 33.9 Å². The zero-order valence-corrected chi connectivity index (χ0v) is 11.2. The molecule has 2 saturated carbocycles. The van der Waals surface area contributed by atoms with Gasteiger partial charge in [-0.1, -0.05) is 0 Å². The zero-order chi connectivity index (χ0) is 14.8. The summed E-state index contributed by atoms with van der Waals surface area (Å²) in [6.45, 7) is 0. The Morgan fingerprint density at radius 2 is 1.86 bits per heavy atom. The van der Waals surface area contributed by atoms with Crippen molar-refractivity contribution in [2.45, 2.75) is 37.8 Å². The van der Waals surface area contributed by atoms with Crippen molar-refractivity contribution in [2.75, 3.05) is 0 Å². The first-order chi connectivity index (χ1) is 9.95. The Labute approximate surface area is 118 Å². The van der Waals surface area contributed by atoms with E-state index in [0.29, 0.717) is 17.5 Å². The SMILES string of the molecule is O=c1cc(C(C2CC2)C2CC2)nc2c(C(F)(F)F)c[nH]n12. The molecule has 112 valence electrons. The molecule has 2 fully saturated rings. The van der Waals surface area contributed by atoms with Gasteiger partial charge >= 0.3 is 6.18 Å². The van der Waals surface area contributed by atoms with Crippen molar-refractivity contribution < 1.29 is 13.2 Å². The number of fused-ring (bicyclic) bond motifs is 1. The summed E-state index contributed by atoms with van der Waals surface area (Å²) in [5.74, 6) is 1.12. The van der Waals surface area contributed by atoms with Crippen LogP contribution in [0.15, 0.2) is 17.1 Å². The van der Waals surface area contributed by atoms with Crippen LogP contribution >= 0.6 is 0 Å². The highest BCUT2D eigenvalue weighted by molar-refractivity contribution is 5.48. The van der Waals surface area contributed by atoms with E-state index in [4.69, 9.17) is 0 Å². The van der Waals surface area contributed by atoms with E-state index >= 15 is 0 Å². The van der Waals surface area contributed by atoms with Gasteiger partial charge in [-0.05, 0) is 37.5 Å². The Morgan fingerprint density at radius 1 is 1.24 bits per heavy atom. The highest BCUT2D eigenvalue weighted by atomic mass is 19.4. The van der Waals surface area contributed by atoms with Crippen molar-refractivity contribution in [1.82, 2.24) is 14.6 Å². The normalized spacial score (nSPS) is 19.6. The van der Waals surface area contributed by atoms with Gasteiger partial charge in [0.25, 0.3) is 5.56 Å². The molecular weight excluding hydrogens is 283 g/mol. The van der Waals surface area contributed by atoms with E-state index < -0.39 is 17.3 Å². The molecule has 0 spiro atoms. The number of alkyl halides is 3. The maximum atomic E-state index is 13.0. The van der Waals surface area contributed by atoms with Gasteiger partial charge in [-0.2, -0.15) is 13.2 Å². The number of aromatic amines is 1. The van der Waals surface area contributed by atoms with Crippen LogP contribution < -0.4 is 5.56 Å². The molecule has 7 heteroatoms. The first kappa shape index (κ1) is 12.9. The van der Waals surface area contributed by atoms with E-state index in [-0.39, 0.29) is 11.6 Å². The van der Waals surface area contributed by atoms with E-state index in [2.05, 4.69) is 10.1 Å². The monoisotopic (exact) mass is 297 g/mol. The van der Waals surface area contributed by atoms with Gasteiger partial charge in [0.15, 0.2) is 5.65 Å². The third kappa shape index (κ3) is 2.15. The summed E-state index contributed by atoms with van der Waals surface area (Å²) in [5.41, 5.74) is -1.13. The Hall–Kier alpha value is -1.79. The second-order valence-electron chi connectivity index (χ2n) is 6.06. The number of aromatic nitrogens is 3. The summed E-state index contributed by atoms with van der Waals surface area (Å²) in [7, 11) is 0. The number of nitrogens with zero attached hydrogens (tertiary/aromatic N) is 2. The molecule has 4 nitrogen and oxygen atoms in total. The van der Waals surface area contributed by atoms with Crippen molar-refractivity contribution >= 4 is 5.65 Å². The van der Waals surface area contributed by atoms with Crippen LogP contribution in [-0.4, -0.2) is 14.6 Å². The summed E-state index contributed by atoms with van der Waals surface area (Å²) in [6, 6.07) is 1.39. The number of rotatable bonds is 3. The van der Waals surface area contributed by atoms with Gasteiger partial charge in [0.2, 0.25) is 0 Å². The number of halogens is 3. The molecule has 2 aromatic rings. The lowest BCUT2D eigenvalue weighted by molar-refractivity contribution is -0.136. The van der Waals surface area contributed by atoms with E-state index in [1.807, 2.05) is 0 Å². The van der Waals surface area contributed by atoms with Crippen molar-refractivity contribution in [3.63, 3.8) is 0 Å². The van der Waals surface area contributed by atoms with Crippen LogP contribution in [0.2, 0.25) is 0 Å². The van der Waals surface area contributed by atoms with E-state index in [0.717, 1.165) is 36.4 Å². The molecule has 4 rings (SSSR count). The van der Waals surface area contributed by atoms with Gasteiger partial charge in [-0.25, -0.2) is 9.50 Å². The van der Waals surface area contributed by atoms with Crippen LogP contribution in [-0.2, 0) is 6.18 Å². The van der Waals surface area contributed by atoms with Gasteiger partial charge < -0.3 is 0 Å². The molecule has 21 heavy (non-hydrogen) atoms. The summed E-state index contributed by atoms with van der Waals surface area (Å²) in [4.78, 5) is 16.3. The van der Waals surface area contributed by atoms with Crippen LogP contribution in [0.1, 0.15) is 42.9 Å². The third-order valence-corrected chi connectivity index (χ3v) is 4.42. The molecule has 2 aliphatic rings. The third-order valence-electron chi connectivity index (χ3n) is 4.42. The van der Waals surface area contributed by atoms with Crippen LogP contribution in [0.5, 0.6) is 0 Å². The Morgan fingerprint density at radius 3 is 2.38 bits per heavy atom. The fraction of sp³-hybridized carbons (Fsp3) is 0.571. The first-order valence-corrected chi connectivity index (χ1v) is 7.13. The van der Waals surface area contributed by atoms with E-state index in [9.17, 15) is 18.0 Å². The molecule has 0 unspecified atom stereocenters. The van der Waals surface area contributed by atoms with Gasteiger partial charge in [0.05, 0.1) is 5.69 Å². The standard InChI is InChI=1S/C14H14F3N3O/c15-14(16,17)9-6-18-20-11(21)5-10(19-13(9)20)12(7-1-2-7)8-3-4-8/h5-8,12,18H,1-4H2. The first-order valence-electron chi connectivity index (χ1n) is 7.13. The number of hydrogen-bond acceptors (Lipinski definition) is 2. The topological polar surface area (TPSA) is 50.2 Å². The molecule has 1 N–H and O–H groups in total. The lowest BCUT2D eigenvalue weighted by Gasteiger charge is -2.15. The van der Waals surface area contributed by atoms with Gasteiger partial charge in [0, 0.05) is 18.2 Å². The fourth-order valence-corrected chi connectivity index (χ4v) is 3.16. The van der Waals surface area contributed by atoms with Crippen molar-refractivity contribution in [1.29, 1.82) is 0 Å². The average molecular weight is 297 g/mol. The summed E-state index contributed by atoms with van der Waals surface area (Å²) in [5, 5.41) is 2.34. The van der Waals surface area contributed by atoms with Gasteiger partial charge in [-0.15, -0.1) is 0 Å². The Kier molecular flexibility index (Phi) is 2.53. The van der Waals surface area contributed by atoms with Gasteiger partial charge in [0.1, 0.15) is 5.56 Å². The Bertz CT molecular complexity index is 741. The Balaban J connectivity index is 1.88. The predicted octanol–water partition coefficient (Wildman–Crippen LogP) is 2.95. The molecule has 0 bridgehead atoms. The molecule has 2 aromatic heterocycles. The molecular formula is C14H14F3N3O. The highest BCUT2D eigenvalue weighted by Gasteiger charge is 2.44. The summed E-state index contributed by atoms with van der Waals surface area (Å²) < 4.78 is 39.8. The number of nitrogens with one attached hydrogen (secondary N) is 1. The fourth-order valence-electron chi connectivity index (χ4n) is 3.16. The maximum Gasteiger partial charge on any atom is 0.421 e. The second kappa shape index (κ2) is 4.11. The molecule has 0 amide bonds. The number of hydrogen-bond donors (Lipinski definition) is 1. The van der Waals surface area contributed by atoms with Crippen molar-refractivity contribution in [3.8, 4) is 0 Å². The van der Waals surface area contributed by atoms with Crippen LogP contribution in [0, 0.1) is 11.8 Å². The minimum Gasteiger partial charge on any atom is -0.296 e. The molecule has 2 heterocycles. The lowest BCUT2D eigenvalue weighted by Crippen LogP contribution is -2.19. The second-order valence-corrected chi connectivity index (χ2v) is 6.06.